The lowest BCUT2D eigenvalue weighted by Gasteiger charge is -2.12. The topological polar surface area (TPSA) is 89.3 Å². The Bertz CT molecular complexity index is 641. The first-order valence-corrected chi connectivity index (χ1v) is 6.02. The van der Waals surface area contributed by atoms with Crippen LogP contribution >= 0.6 is 11.6 Å². The monoisotopic (exact) mass is 276 g/mol. The molecule has 0 aliphatic rings. The van der Waals surface area contributed by atoms with Crippen LogP contribution in [-0.4, -0.2) is 11.1 Å². The third kappa shape index (κ3) is 2.63. The predicted molar refractivity (Wildman–Crippen MR) is 76.5 cm³/mol. The normalized spacial score (nSPS) is 10.4. The van der Waals surface area contributed by atoms with Crippen LogP contribution < -0.4 is 11.5 Å². The number of carboxylic acids is 1. The number of anilines is 2. The van der Waals surface area contributed by atoms with Crippen molar-refractivity contribution in [2.45, 2.75) is 6.42 Å². The third-order valence-corrected chi connectivity index (χ3v) is 3.32. The van der Waals surface area contributed by atoms with E-state index in [0.717, 1.165) is 5.56 Å². The SMILES string of the molecule is Nc1ccc(C(=O)O)c(N)c1Cc1ccccc1Cl. The quantitative estimate of drug-likeness (QED) is 0.752. The van der Waals surface area contributed by atoms with Gasteiger partial charge in [-0.3, -0.25) is 0 Å². The molecular formula is C14H13ClN2O2. The van der Waals surface area contributed by atoms with Gasteiger partial charge >= 0.3 is 5.97 Å². The molecule has 4 nitrogen and oxygen atoms in total. The van der Waals surface area contributed by atoms with Crippen LogP contribution in [0.5, 0.6) is 0 Å². The summed E-state index contributed by atoms with van der Waals surface area (Å²) in [6.45, 7) is 0. The van der Waals surface area contributed by atoms with Crippen molar-refractivity contribution < 1.29 is 9.90 Å². The number of rotatable bonds is 3. The molecule has 0 aliphatic heterocycles. The molecule has 0 saturated carbocycles. The van der Waals surface area contributed by atoms with Gasteiger partial charge in [-0.05, 0) is 23.8 Å². The zero-order valence-corrected chi connectivity index (χ0v) is 10.8. The van der Waals surface area contributed by atoms with Gasteiger partial charge in [0.2, 0.25) is 0 Å². The Balaban J connectivity index is 2.48. The molecule has 2 aromatic carbocycles. The van der Waals surface area contributed by atoms with Gasteiger partial charge in [0.25, 0.3) is 0 Å². The molecule has 0 amide bonds. The zero-order chi connectivity index (χ0) is 14.0. The second-order valence-corrected chi connectivity index (χ2v) is 4.58. The standard InChI is InChI=1S/C14H13ClN2O2/c15-11-4-2-1-3-8(11)7-10-12(16)6-5-9(13(10)17)14(18)19/h1-6H,7,16-17H2,(H,18,19). The second-order valence-electron chi connectivity index (χ2n) is 4.17. The molecule has 5 N–H and O–H groups in total. The molecule has 0 radical (unpaired) electrons. The summed E-state index contributed by atoms with van der Waals surface area (Å²) in [4.78, 5) is 11.1. The molecule has 0 atom stereocenters. The van der Waals surface area contributed by atoms with E-state index >= 15 is 0 Å². The van der Waals surface area contributed by atoms with E-state index in [0.29, 0.717) is 22.7 Å². The van der Waals surface area contributed by atoms with Crippen LogP contribution in [0.3, 0.4) is 0 Å². The number of carbonyl (C=O) groups is 1. The van der Waals surface area contributed by atoms with Crippen molar-refractivity contribution >= 4 is 28.9 Å². The Labute approximate surface area is 115 Å². The highest BCUT2D eigenvalue weighted by atomic mass is 35.5. The highest BCUT2D eigenvalue weighted by Gasteiger charge is 2.15. The maximum Gasteiger partial charge on any atom is 0.337 e. The van der Waals surface area contributed by atoms with Crippen LogP contribution in [0.15, 0.2) is 36.4 Å². The summed E-state index contributed by atoms with van der Waals surface area (Å²) in [5.74, 6) is -1.07. The minimum Gasteiger partial charge on any atom is -0.478 e. The molecule has 0 spiro atoms. The average Bonchev–Trinajstić information content (AvgIpc) is 2.36. The van der Waals surface area contributed by atoms with Crippen LogP contribution in [0.2, 0.25) is 5.02 Å². The van der Waals surface area contributed by atoms with Gasteiger partial charge in [0.05, 0.1) is 11.3 Å². The predicted octanol–water partition coefficient (Wildman–Crippen LogP) is 2.79. The fourth-order valence-corrected chi connectivity index (χ4v) is 2.10. The van der Waals surface area contributed by atoms with E-state index in [1.807, 2.05) is 18.2 Å². The first-order chi connectivity index (χ1) is 9.00. The molecule has 5 heteroatoms. The van der Waals surface area contributed by atoms with Crippen molar-refractivity contribution in [1.29, 1.82) is 0 Å². The molecule has 98 valence electrons. The van der Waals surface area contributed by atoms with Gasteiger partial charge in [-0.1, -0.05) is 29.8 Å². The average molecular weight is 277 g/mol. The van der Waals surface area contributed by atoms with Crippen molar-refractivity contribution in [3.63, 3.8) is 0 Å². The fraction of sp³-hybridized carbons (Fsp3) is 0.0714. The first kappa shape index (κ1) is 13.2. The van der Waals surface area contributed by atoms with Gasteiger partial charge in [-0.15, -0.1) is 0 Å². The third-order valence-electron chi connectivity index (χ3n) is 2.95. The summed E-state index contributed by atoms with van der Waals surface area (Å²) in [5, 5.41) is 9.65. The minimum absolute atomic E-state index is 0.0521. The molecule has 0 unspecified atom stereocenters. The van der Waals surface area contributed by atoms with Crippen LogP contribution in [0.25, 0.3) is 0 Å². The van der Waals surface area contributed by atoms with Crippen LogP contribution in [0.1, 0.15) is 21.5 Å². The van der Waals surface area contributed by atoms with Crippen molar-refractivity contribution in [1.82, 2.24) is 0 Å². The molecule has 0 aliphatic carbocycles. The second kappa shape index (κ2) is 5.20. The molecule has 0 aromatic heterocycles. The van der Waals surface area contributed by atoms with Gasteiger partial charge in [0.15, 0.2) is 0 Å². The van der Waals surface area contributed by atoms with E-state index in [2.05, 4.69) is 0 Å². The molecule has 0 fully saturated rings. The van der Waals surface area contributed by atoms with E-state index in [9.17, 15) is 4.79 Å². The van der Waals surface area contributed by atoms with Gasteiger partial charge in [-0.2, -0.15) is 0 Å². The summed E-state index contributed by atoms with van der Waals surface area (Å²) in [6.07, 6.45) is 0.401. The van der Waals surface area contributed by atoms with E-state index in [1.54, 1.807) is 12.1 Å². The maximum atomic E-state index is 11.1. The fourth-order valence-electron chi connectivity index (χ4n) is 1.90. The number of aromatic carboxylic acids is 1. The summed E-state index contributed by atoms with van der Waals surface area (Å²) >= 11 is 6.08. The summed E-state index contributed by atoms with van der Waals surface area (Å²) in [5.41, 5.74) is 13.9. The van der Waals surface area contributed by atoms with E-state index in [-0.39, 0.29) is 11.3 Å². The van der Waals surface area contributed by atoms with Crippen molar-refractivity contribution in [3.8, 4) is 0 Å². The van der Waals surface area contributed by atoms with Crippen LogP contribution in [0, 0.1) is 0 Å². The van der Waals surface area contributed by atoms with Crippen molar-refractivity contribution in [2.24, 2.45) is 0 Å². The van der Waals surface area contributed by atoms with Crippen LogP contribution in [0.4, 0.5) is 11.4 Å². The minimum atomic E-state index is -1.07. The first-order valence-electron chi connectivity index (χ1n) is 5.64. The molecule has 0 bridgehead atoms. The van der Waals surface area contributed by atoms with Gasteiger partial charge in [0, 0.05) is 22.7 Å². The number of nitrogens with two attached hydrogens (primary N) is 2. The van der Waals surface area contributed by atoms with Gasteiger partial charge < -0.3 is 16.6 Å². The van der Waals surface area contributed by atoms with Gasteiger partial charge in [-0.25, -0.2) is 4.79 Å². The highest BCUT2D eigenvalue weighted by molar-refractivity contribution is 6.31. The summed E-state index contributed by atoms with van der Waals surface area (Å²) in [6, 6.07) is 10.3. The molecule has 2 rings (SSSR count). The molecule has 0 heterocycles. The zero-order valence-electron chi connectivity index (χ0n) is 10.1. The number of hydrogen-bond donors (Lipinski definition) is 3. The van der Waals surface area contributed by atoms with Gasteiger partial charge in [0.1, 0.15) is 0 Å². The lowest BCUT2D eigenvalue weighted by Crippen LogP contribution is -2.08. The number of halogens is 1. The van der Waals surface area contributed by atoms with E-state index in [1.165, 1.54) is 6.07 Å². The Hall–Kier alpha value is -2.20. The maximum absolute atomic E-state index is 11.1. The molecular weight excluding hydrogens is 264 g/mol. The molecule has 19 heavy (non-hydrogen) atoms. The van der Waals surface area contributed by atoms with Crippen LogP contribution in [-0.2, 0) is 6.42 Å². The highest BCUT2D eigenvalue weighted by Crippen LogP contribution is 2.28. The largest absolute Gasteiger partial charge is 0.478 e. The van der Waals surface area contributed by atoms with E-state index < -0.39 is 5.97 Å². The Morgan fingerprint density at radius 2 is 1.84 bits per heavy atom. The number of benzene rings is 2. The Morgan fingerprint density at radius 3 is 2.47 bits per heavy atom. The molecule has 0 saturated heterocycles. The molecule has 2 aromatic rings. The summed E-state index contributed by atoms with van der Waals surface area (Å²) in [7, 11) is 0. The van der Waals surface area contributed by atoms with Crippen molar-refractivity contribution in [3.05, 3.63) is 58.1 Å². The number of hydrogen-bond acceptors (Lipinski definition) is 3. The Kier molecular flexibility index (Phi) is 3.62. The summed E-state index contributed by atoms with van der Waals surface area (Å²) < 4.78 is 0. The lowest BCUT2D eigenvalue weighted by atomic mass is 9.98. The smallest absolute Gasteiger partial charge is 0.337 e. The number of carboxylic acid groups (broad SMARTS) is 1. The number of nitrogen functional groups attached to an aromatic ring is 2. The van der Waals surface area contributed by atoms with Crippen molar-refractivity contribution in [2.75, 3.05) is 11.5 Å². The van der Waals surface area contributed by atoms with E-state index in [4.69, 9.17) is 28.2 Å². The Morgan fingerprint density at radius 1 is 1.16 bits per heavy atom. The lowest BCUT2D eigenvalue weighted by molar-refractivity contribution is 0.0698.